The number of hydrogen-bond acceptors (Lipinski definition) is 3. The van der Waals surface area contributed by atoms with Crippen molar-refractivity contribution in [1.29, 1.82) is 0 Å². The van der Waals surface area contributed by atoms with Gasteiger partial charge in [0.15, 0.2) is 5.03 Å². The van der Waals surface area contributed by atoms with E-state index in [0.717, 1.165) is 24.8 Å². The molecule has 0 unspecified atom stereocenters. The van der Waals surface area contributed by atoms with Gasteiger partial charge in [-0.25, -0.2) is 13.4 Å². The van der Waals surface area contributed by atoms with E-state index in [-0.39, 0.29) is 11.1 Å². The van der Waals surface area contributed by atoms with Crippen LogP contribution in [0.4, 0.5) is 0 Å². The zero-order valence-electron chi connectivity index (χ0n) is 12.2. The topological polar surface area (TPSA) is 66.1 Å². The predicted octanol–water partition coefficient (Wildman–Crippen LogP) is 2.57. The molecule has 2 fully saturated rings. The lowest BCUT2D eigenvalue weighted by Crippen LogP contribution is -2.43. The Morgan fingerprint density at radius 1 is 1.18 bits per heavy atom. The molecule has 2 bridgehead atoms. The molecule has 0 spiro atoms. The summed E-state index contributed by atoms with van der Waals surface area (Å²) < 4.78 is 27.7. The summed E-state index contributed by atoms with van der Waals surface area (Å²) in [5.74, 6) is 0.904. The fraction of sp³-hybridized carbons (Fsp3) is 0.438. The minimum atomic E-state index is -3.53. The molecule has 1 aromatic heterocycles. The number of H-pyrrole nitrogens is 1. The molecule has 5 nitrogen and oxygen atoms in total. The van der Waals surface area contributed by atoms with Gasteiger partial charge in [-0.05, 0) is 36.7 Å². The van der Waals surface area contributed by atoms with Crippen LogP contribution in [0.1, 0.15) is 30.9 Å². The first-order valence-corrected chi connectivity index (χ1v) is 9.15. The molecule has 1 aliphatic heterocycles. The van der Waals surface area contributed by atoms with Gasteiger partial charge in [0.05, 0.1) is 18.6 Å². The van der Waals surface area contributed by atoms with E-state index in [4.69, 9.17) is 0 Å². The molecule has 1 aromatic carbocycles. The summed E-state index contributed by atoms with van der Waals surface area (Å²) in [6.45, 7) is 0.609. The van der Waals surface area contributed by atoms with Crippen molar-refractivity contribution >= 4 is 10.0 Å². The van der Waals surface area contributed by atoms with E-state index in [1.165, 1.54) is 12.5 Å². The van der Waals surface area contributed by atoms with E-state index in [9.17, 15) is 8.42 Å². The number of imidazole rings is 1. The van der Waals surface area contributed by atoms with Crippen LogP contribution < -0.4 is 0 Å². The summed E-state index contributed by atoms with van der Waals surface area (Å²) in [7, 11) is -3.53. The first kappa shape index (κ1) is 14.0. The van der Waals surface area contributed by atoms with Crippen LogP contribution in [-0.4, -0.2) is 29.2 Å². The average Bonchev–Trinajstić information content (AvgIpc) is 3.19. The average molecular weight is 317 g/mol. The van der Waals surface area contributed by atoms with Gasteiger partial charge in [-0.1, -0.05) is 30.3 Å². The number of sulfonamides is 1. The zero-order chi connectivity index (χ0) is 15.2. The standard InChI is InChI=1S/C16H19N3O2S/c20-22(21,15-9-17-11-18-15)19-10-12-6-7-14(8-12)16(19)13-4-2-1-3-5-13/h1-5,9,11-12,14,16H,6-8,10H2,(H,17,18)/t12-,14-,16+/m0/s1. The molecule has 1 N–H and O–H groups in total. The summed E-state index contributed by atoms with van der Waals surface area (Å²) >= 11 is 0. The second-order valence-corrected chi connectivity index (χ2v) is 8.14. The maximum Gasteiger partial charge on any atom is 0.260 e. The summed E-state index contributed by atoms with van der Waals surface area (Å²) in [5.41, 5.74) is 1.09. The Bertz CT molecular complexity index is 743. The zero-order valence-corrected chi connectivity index (χ0v) is 13.0. The first-order chi connectivity index (χ1) is 10.7. The summed E-state index contributed by atoms with van der Waals surface area (Å²) in [6, 6.07) is 9.96. The summed E-state index contributed by atoms with van der Waals surface area (Å²) in [4.78, 5) is 6.63. The Hall–Kier alpha value is -1.66. The number of hydrogen-bond donors (Lipinski definition) is 1. The van der Waals surface area contributed by atoms with E-state index < -0.39 is 10.0 Å². The molecule has 4 rings (SSSR count). The molecule has 22 heavy (non-hydrogen) atoms. The lowest BCUT2D eigenvalue weighted by molar-refractivity contribution is 0.177. The lowest BCUT2D eigenvalue weighted by Gasteiger charge is -2.39. The molecular formula is C16H19N3O2S. The number of nitrogens with zero attached hydrogens (tertiary/aromatic N) is 2. The van der Waals surface area contributed by atoms with Crippen molar-refractivity contribution in [3.8, 4) is 0 Å². The van der Waals surface area contributed by atoms with Crippen LogP contribution in [-0.2, 0) is 10.0 Å². The maximum absolute atomic E-state index is 13.0. The predicted molar refractivity (Wildman–Crippen MR) is 82.5 cm³/mol. The van der Waals surface area contributed by atoms with Crippen LogP contribution in [0.5, 0.6) is 0 Å². The minimum absolute atomic E-state index is 0.0618. The molecule has 0 radical (unpaired) electrons. The number of nitrogens with one attached hydrogen (secondary N) is 1. The Morgan fingerprint density at radius 3 is 2.73 bits per heavy atom. The molecule has 116 valence electrons. The Morgan fingerprint density at radius 2 is 2.00 bits per heavy atom. The number of piperidine rings is 1. The van der Waals surface area contributed by atoms with Crippen LogP contribution in [0.15, 0.2) is 47.9 Å². The van der Waals surface area contributed by atoms with Gasteiger partial charge in [0.25, 0.3) is 10.0 Å². The molecule has 1 saturated heterocycles. The summed E-state index contributed by atoms with van der Waals surface area (Å²) in [5, 5.41) is 0.190. The van der Waals surface area contributed by atoms with Gasteiger partial charge >= 0.3 is 0 Å². The van der Waals surface area contributed by atoms with E-state index in [0.29, 0.717) is 18.4 Å². The fourth-order valence-corrected chi connectivity index (χ4v) is 5.66. The van der Waals surface area contributed by atoms with Crippen molar-refractivity contribution in [3.05, 3.63) is 48.4 Å². The van der Waals surface area contributed by atoms with Gasteiger partial charge in [-0.3, -0.25) is 0 Å². The third-order valence-corrected chi connectivity index (χ3v) is 6.75. The monoisotopic (exact) mass is 317 g/mol. The highest BCUT2D eigenvalue weighted by Gasteiger charge is 2.46. The Balaban J connectivity index is 1.79. The lowest BCUT2D eigenvalue weighted by atomic mass is 9.88. The van der Waals surface area contributed by atoms with Crippen molar-refractivity contribution < 1.29 is 8.42 Å². The SMILES string of the molecule is O=S(=O)(c1cnc[nH]1)N1C[C@H]2CC[C@@H](C2)[C@H]1c1ccccc1. The Labute approximate surface area is 130 Å². The van der Waals surface area contributed by atoms with Gasteiger partial charge in [0.1, 0.15) is 0 Å². The maximum atomic E-state index is 13.0. The molecule has 3 atom stereocenters. The number of rotatable bonds is 3. The third-order valence-electron chi connectivity index (χ3n) is 4.98. The van der Waals surface area contributed by atoms with Crippen molar-refractivity contribution in [2.45, 2.75) is 30.3 Å². The molecule has 1 aliphatic carbocycles. The molecule has 1 saturated carbocycles. The van der Waals surface area contributed by atoms with Gasteiger partial charge in [-0.2, -0.15) is 4.31 Å². The van der Waals surface area contributed by atoms with E-state index in [2.05, 4.69) is 9.97 Å². The van der Waals surface area contributed by atoms with Crippen LogP contribution in [0.3, 0.4) is 0 Å². The molecule has 6 heteroatoms. The minimum Gasteiger partial charge on any atom is -0.335 e. The highest BCUT2D eigenvalue weighted by atomic mass is 32.2. The number of benzene rings is 1. The van der Waals surface area contributed by atoms with Crippen molar-refractivity contribution in [2.75, 3.05) is 6.54 Å². The van der Waals surface area contributed by atoms with Crippen molar-refractivity contribution in [2.24, 2.45) is 11.8 Å². The van der Waals surface area contributed by atoms with E-state index >= 15 is 0 Å². The molecule has 2 aliphatic rings. The fourth-order valence-electron chi connectivity index (χ4n) is 4.02. The summed E-state index contributed by atoms with van der Waals surface area (Å²) in [6.07, 6.45) is 6.19. The molecular weight excluding hydrogens is 298 g/mol. The second kappa shape index (κ2) is 5.21. The second-order valence-electron chi connectivity index (χ2n) is 6.29. The van der Waals surface area contributed by atoms with Crippen LogP contribution in [0, 0.1) is 11.8 Å². The van der Waals surface area contributed by atoms with E-state index in [1.54, 1.807) is 4.31 Å². The molecule has 2 heterocycles. The number of aromatic nitrogens is 2. The third kappa shape index (κ3) is 2.18. The number of fused-ring (bicyclic) bond motifs is 2. The molecule has 2 aromatic rings. The van der Waals surface area contributed by atoms with Crippen molar-refractivity contribution in [1.82, 2.24) is 14.3 Å². The normalized spacial score (nSPS) is 28.8. The largest absolute Gasteiger partial charge is 0.335 e. The highest BCUT2D eigenvalue weighted by molar-refractivity contribution is 7.89. The van der Waals surface area contributed by atoms with Crippen LogP contribution >= 0.6 is 0 Å². The van der Waals surface area contributed by atoms with Crippen LogP contribution in [0.25, 0.3) is 0 Å². The number of aromatic amines is 1. The van der Waals surface area contributed by atoms with Gasteiger partial charge in [0, 0.05) is 6.54 Å². The Kier molecular flexibility index (Phi) is 3.31. The highest BCUT2D eigenvalue weighted by Crippen LogP contribution is 2.49. The smallest absolute Gasteiger partial charge is 0.260 e. The van der Waals surface area contributed by atoms with E-state index in [1.807, 2.05) is 30.3 Å². The quantitative estimate of drug-likeness (QED) is 0.946. The van der Waals surface area contributed by atoms with Gasteiger partial charge < -0.3 is 4.98 Å². The van der Waals surface area contributed by atoms with Crippen molar-refractivity contribution in [3.63, 3.8) is 0 Å². The van der Waals surface area contributed by atoms with Crippen LogP contribution in [0.2, 0.25) is 0 Å². The van der Waals surface area contributed by atoms with Gasteiger partial charge in [-0.15, -0.1) is 0 Å². The van der Waals surface area contributed by atoms with Gasteiger partial charge in [0.2, 0.25) is 0 Å². The molecule has 0 amide bonds. The first-order valence-electron chi connectivity index (χ1n) is 7.71.